The van der Waals surface area contributed by atoms with E-state index in [1.165, 1.54) is 35.5 Å². The van der Waals surface area contributed by atoms with Gasteiger partial charge in [-0.15, -0.1) is 11.3 Å². The number of carbonyl (C=O) groups is 1. The third-order valence-electron chi connectivity index (χ3n) is 6.21. The lowest BCUT2D eigenvalue weighted by atomic mass is 10.1. The zero-order valence-electron chi connectivity index (χ0n) is 21.4. The van der Waals surface area contributed by atoms with E-state index in [4.69, 9.17) is 23.9 Å². The Morgan fingerprint density at radius 1 is 1.13 bits per heavy atom. The second-order valence-corrected chi connectivity index (χ2v) is 9.95. The van der Waals surface area contributed by atoms with E-state index in [9.17, 15) is 9.18 Å². The van der Waals surface area contributed by atoms with E-state index >= 15 is 0 Å². The van der Waals surface area contributed by atoms with Crippen molar-refractivity contribution in [1.29, 1.82) is 0 Å². The summed E-state index contributed by atoms with van der Waals surface area (Å²) in [5.41, 5.74) is 5.35. The normalized spacial score (nSPS) is 14.4. The second-order valence-electron chi connectivity index (χ2n) is 8.95. The number of thiazole rings is 1. The maximum atomic E-state index is 13.1. The molecule has 1 amide bonds. The SMILES string of the molecule is COc1cnc2c(-c3nc4c(C)cc5c(c4s3)OC[C@@H](OC(=O)N(C)c3ccc(F)nc3)O5)cc(C)cc2n1. The summed E-state index contributed by atoms with van der Waals surface area (Å²) in [7, 11) is 3.05. The van der Waals surface area contributed by atoms with Gasteiger partial charge in [-0.05, 0) is 55.3 Å². The van der Waals surface area contributed by atoms with Crippen LogP contribution in [-0.2, 0) is 4.74 Å². The average molecular weight is 548 g/mol. The van der Waals surface area contributed by atoms with E-state index in [0.717, 1.165) is 43.5 Å². The molecule has 1 atom stereocenters. The second kappa shape index (κ2) is 9.62. The van der Waals surface area contributed by atoms with Crippen LogP contribution < -0.4 is 19.1 Å². The highest BCUT2D eigenvalue weighted by Gasteiger charge is 2.30. The van der Waals surface area contributed by atoms with Crippen LogP contribution in [0.15, 0.2) is 42.7 Å². The molecule has 0 saturated heterocycles. The molecule has 3 aromatic heterocycles. The van der Waals surface area contributed by atoms with Crippen LogP contribution in [0.5, 0.6) is 17.4 Å². The summed E-state index contributed by atoms with van der Waals surface area (Å²) in [6.07, 6.45) is 1.16. The molecule has 0 bridgehead atoms. The highest BCUT2D eigenvalue weighted by atomic mass is 32.1. The number of fused-ring (bicyclic) bond motifs is 4. The van der Waals surface area contributed by atoms with Crippen molar-refractivity contribution >= 4 is 44.4 Å². The van der Waals surface area contributed by atoms with E-state index in [-0.39, 0.29) is 6.61 Å². The predicted molar refractivity (Wildman–Crippen MR) is 143 cm³/mol. The van der Waals surface area contributed by atoms with Crippen LogP contribution in [0.4, 0.5) is 14.9 Å². The fourth-order valence-electron chi connectivity index (χ4n) is 4.28. The molecular formula is C27H22FN5O5S. The van der Waals surface area contributed by atoms with Crippen LogP contribution >= 0.6 is 11.3 Å². The Bertz CT molecular complexity index is 1740. The van der Waals surface area contributed by atoms with E-state index in [0.29, 0.717) is 28.6 Å². The first-order chi connectivity index (χ1) is 18.8. The van der Waals surface area contributed by atoms with Crippen molar-refractivity contribution in [3.63, 3.8) is 0 Å². The smallest absolute Gasteiger partial charge is 0.417 e. The monoisotopic (exact) mass is 547 g/mol. The molecule has 0 radical (unpaired) electrons. The third-order valence-corrected chi connectivity index (χ3v) is 7.30. The number of anilines is 1. The minimum absolute atomic E-state index is 0.0156. The fourth-order valence-corrected chi connectivity index (χ4v) is 5.43. The molecule has 0 fully saturated rings. The molecule has 6 rings (SSSR count). The number of ether oxygens (including phenoxy) is 4. The van der Waals surface area contributed by atoms with Gasteiger partial charge in [0.05, 0.1) is 41.7 Å². The Morgan fingerprint density at radius 3 is 2.74 bits per heavy atom. The lowest BCUT2D eigenvalue weighted by Gasteiger charge is -2.28. The number of amides is 1. The van der Waals surface area contributed by atoms with Gasteiger partial charge in [0.15, 0.2) is 18.1 Å². The number of nitrogens with zero attached hydrogens (tertiary/aromatic N) is 5. The van der Waals surface area contributed by atoms with E-state index in [2.05, 4.69) is 15.0 Å². The van der Waals surface area contributed by atoms with Gasteiger partial charge in [0.25, 0.3) is 6.29 Å². The minimum atomic E-state index is -0.976. The first kappa shape index (κ1) is 24.7. The largest absolute Gasteiger partial charge is 0.480 e. The Hall–Kier alpha value is -4.58. The van der Waals surface area contributed by atoms with E-state index in [1.54, 1.807) is 13.3 Å². The summed E-state index contributed by atoms with van der Waals surface area (Å²) in [6, 6.07) is 8.39. The Kier molecular flexibility index (Phi) is 6.10. The lowest BCUT2D eigenvalue weighted by Crippen LogP contribution is -2.38. The summed E-state index contributed by atoms with van der Waals surface area (Å²) in [4.78, 5) is 31.4. The van der Waals surface area contributed by atoms with E-state index in [1.807, 2.05) is 32.0 Å². The van der Waals surface area contributed by atoms with Crippen LogP contribution in [0.1, 0.15) is 11.1 Å². The molecule has 4 heterocycles. The van der Waals surface area contributed by atoms with Gasteiger partial charge in [-0.2, -0.15) is 4.39 Å². The third kappa shape index (κ3) is 4.52. The molecule has 0 unspecified atom stereocenters. The summed E-state index contributed by atoms with van der Waals surface area (Å²) in [5.74, 6) is 0.781. The van der Waals surface area contributed by atoms with Gasteiger partial charge in [0, 0.05) is 12.6 Å². The number of rotatable bonds is 4. The summed E-state index contributed by atoms with van der Waals surface area (Å²) in [6.45, 7) is 3.91. The van der Waals surface area contributed by atoms with Crippen LogP contribution in [0, 0.1) is 19.8 Å². The zero-order valence-corrected chi connectivity index (χ0v) is 22.2. The highest BCUT2D eigenvalue weighted by Crippen LogP contribution is 2.46. The van der Waals surface area contributed by atoms with Crippen molar-refractivity contribution in [3.05, 3.63) is 59.8 Å². The van der Waals surface area contributed by atoms with E-state index < -0.39 is 18.3 Å². The van der Waals surface area contributed by atoms with Gasteiger partial charge in [-0.3, -0.25) is 4.90 Å². The number of hydrogen-bond acceptors (Lipinski definition) is 10. The molecular weight excluding hydrogens is 525 g/mol. The van der Waals surface area contributed by atoms with Gasteiger partial charge < -0.3 is 18.9 Å². The van der Waals surface area contributed by atoms with Crippen LogP contribution in [0.25, 0.3) is 31.8 Å². The van der Waals surface area contributed by atoms with Crippen LogP contribution in [-0.4, -0.2) is 53.1 Å². The van der Waals surface area contributed by atoms with Crippen molar-refractivity contribution in [1.82, 2.24) is 19.9 Å². The first-order valence-electron chi connectivity index (χ1n) is 11.9. The molecule has 12 heteroatoms. The molecule has 0 N–H and O–H groups in total. The molecule has 10 nitrogen and oxygen atoms in total. The Balaban J connectivity index is 1.30. The number of halogens is 1. The first-order valence-corrected chi connectivity index (χ1v) is 12.7. The lowest BCUT2D eigenvalue weighted by molar-refractivity contribution is -0.0718. The van der Waals surface area contributed by atoms with Crippen LogP contribution in [0.3, 0.4) is 0 Å². The number of benzene rings is 2. The molecule has 39 heavy (non-hydrogen) atoms. The quantitative estimate of drug-likeness (QED) is 0.272. The number of carbonyl (C=O) groups excluding carboxylic acids is 1. The molecule has 5 aromatic rings. The standard InChI is InChI=1S/C27H22FN5O5S/c1-13-7-16(23-17(8-13)31-20(35-4)11-30-23)26-32-22-14(2)9-18-24(25(22)39-26)36-12-21(37-18)38-27(34)33(3)15-5-6-19(28)29-10-15/h5-11,21H,12H2,1-4H3/t21-/m1/s1. The van der Waals surface area contributed by atoms with Gasteiger partial charge in [0.1, 0.15) is 9.71 Å². The van der Waals surface area contributed by atoms with Gasteiger partial charge >= 0.3 is 6.09 Å². The Labute approximate surface area is 226 Å². The Morgan fingerprint density at radius 2 is 1.97 bits per heavy atom. The van der Waals surface area contributed by atoms with Crippen LogP contribution in [0.2, 0.25) is 0 Å². The molecule has 0 spiro atoms. The van der Waals surface area contributed by atoms with Crippen molar-refractivity contribution in [3.8, 4) is 28.0 Å². The topological polar surface area (TPSA) is 109 Å². The molecule has 2 aromatic carbocycles. The predicted octanol–water partition coefficient (Wildman–Crippen LogP) is 5.44. The number of aryl methyl sites for hydroxylation is 2. The number of pyridine rings is 1. The average Bonchev–Trinajstić information content (AvgIpc) is 3.38. The van der Waals surface area contributed by atoms with Crippen molar-refractivity contribution in [2.24, 2.45) is 0 Å². The molecule has 0 aliphatic carbocycles. The maximum Gasteiger partial charge on any atom is 0.417 e. The number of aromatic nitrogens is 4. The van der Waals surface area contributed by atoms with Crippen molar-refractivity contribution in [2.75, 3.05) is 25.7 Å². The maximum absolute atomic E-state index is 13.1. The highest BCUT2D eigenvalue weighted by molar-refractivity contribution is 7.22. The van der Waals surface area contributed by atoms with Gasteiger partial charge in [0.2, 0.25) is 11.8 Å². The number of hydrogen-bond donors (Lipinski definition) is 0. The number of methoxy groups -OCH3 is 1. The molecule has 1 aliphatic rings. The summed E-state index contributed by atoms with van der Waals surface area (Å²) in [5, 5.41) is 0.765. The van der Waals surface area contributed by atoms with Gasteiger partial charge in [-0.1, -0.05) is 0 Å². The molecule has 198 valence electrons. The van der Waals surface area contributed by atoms with Crippen molar-refractivity contribution in [2.45, 2.75) is 20.1 Å². The van der Waals surface area contributed by atoms with Gasteiger partial charge in [-0.25, -0.2) is 24.7 Å². The van der Waals surface area contributed by atoms with Crippen molar-refractivity contribution < 1.29 is 28.1 Å². The zero-order chi connectivity index (χ0) is 27.3. The molecule has 1 aliphatic heterocycles. The summed E-state index contributed by atoms with van der Waals surface area (Å²) < 4.78 is 36.7. The molecule has 0 saturated carbocycles. The fraction of sp³-hybridized carbons (Fsp3) is 0.222. The minimum Gasteiger partial charge on any atom is -0.480 e. The summed E-state index contributed by atoms with van der Waals surface area (Å²) >= 11 is 1.46.